The number of hydrogen-bond acceptors (Lipinski definition) is 6. The van der Waals surface area contributed by atoms with Crippen LogP contribution in [0.1, 0.15) is 36.6 Å². The molecule has 1 aliphatic heterocycles. The van der Waals surface area contributed by atoms with Gasteiger partial charge in [0.25, 0.3) is 5.56 Å². The molecule has 0 aliphatic carbocycles. The van der Waals surface area contributed by atoms with Crippen LogP contribution in [0.15, 0.2) is 98.7 Å². The first-order chi connectivity index (χ1) is 19.9. The van der Waals surface area contributed by atoms with Crippen LogP contribution in [0.4, 0.5) is 0 Å². The Kier molecular flexibility index (Phi) is 7.28. The highest BCUT2D eigenvalue weighted by Crippen LogP contribution is 2.33. The molecule has 1 atom stereocenters. The van der Waals surface area contributed by atoms with Crippen LogP contribution in [-0.4, -0.2) is 28.4 Å². The number of ether oxygens (including phenoxy) is 1. The lowest BCUT2D eigenvalue weighted by molar-refractivity contribution is -0.139. The van der Waals surface area contributed by atoms with Crippen molar-refractivity contribution in [2.24, 2.45) is 4.99 Å². The van der Waals surface area contributed by atoms with Crippen LogP contribution >= 0.6 is 23.1 Å². The molecule has 5 aromatic rings. The van der Waals surface area contributed by atoms with Crippen molar-refractivity contribution in [1.82, 2.24) is 9.55 Å². The molecule has 0 saturated heterocycles. The Morgan fingerprint density at radius 3 is 2.56 bits per heavy atom. The molecule has 0 radical (unpaired) electrons. The fourth-order valence-electron chi connectivity index (χ4n) is 5.33. The summed E-state index contributed by atoms with van der Waals surface area (Å²) in [5.41, 5.74) is 6.65. The molecule has 0 saturated carbocycles. The summed E-state index contributed by atoms with van der Waals surface area (Å²) in [6.07, 6.45) is 3.98. The van der Waals surface area contributed by atoms with E-state index in [1.165, 1.54) is 11.3 Å². The van der Waals surface area contributed by atoms with Gasteiger partial charge in [-0.05, 0) is 68.5 Å². The number of carbonyl (C=O) groups excluding carboxylic acids is 1. The summed E-state index contributed by atoms with van der Waals surface area (Å²) in [5.74, 6) is -0.458. The van der Waals surface area contributed by atoms with Gasteiger partial charge >= 0.3 is 5.97 Å². The van der Waals surface area contributed by atoms with Crippen LogP contribution in [0.3, 0.4) is 0 Å². The van der Waals surface area contributed by atoms with Crippen molar-refractivity contribution in [2.75, 3.05) is 12.9 Å². The molecule has 0 bridgehead atoms. The van der Waals surface area contributed by atoms with E-state index in [4.69, 9.17) is 9.73 Å². The number of esters is 1. The predicted octanol–water partition coefficient (Wildman–Crippen LogP) is 5.98. The third kappa shape index (κ3) is 4.87. The number of benzene rings is 3. The first kappa shape index (κ1) is 27.1. The summed E-state index contributed by atoms with van der Waals surface area (Å²) in [5, 5.41) is 1.04. The van der Waals surface area contributed by atoms with Crippen LogP contribution in [0.5, 0.6) is 0 Å². The Hall–Kier alpha value is -4.14. The van der Waals surface area contributed by atoms with Crippen LogP contribution < -0.4 is 14.9 Å². The fraction of sp³-hybridized carbons (Fsp3) is 0.182. The van der Waals surface area contributed by atoms with Gasteiger partial charge in [0.2, 0.25) is 0 Å². The fourth-order valence-corrected chi connectivity index (χ4v) is 6.77. The van der Waals surface area contributed by atoms with Crippen molar-refractivity contribution in [2.45, 2.75) is 31.7 Å². The molecule has 8 heteroatoms. The number of carbonyl (C=O) groups is 1. The topological polar surface area (TPSA) is 76.4 Å². The number of fused-ring (bicyclic) bond motifs is 2. The number of rotatable bonds is 6. The average molecular weight is 580 g/mol. The molecule has 6 rings (SSSR count). The molecule has 0 amide bonds. The van der Waals surface area contributed by atoms with Crippen molar-refractivity contribution in [3.05, 3.63) is 120 Å². The van der Waals surface area contributed by atoms with Crippen LogP contribution in [0.2, 0.25) is 0 Å². The molecule has 1 aliphatic rings. The molecule has 0 unspecified atom stereocenters. The quantitative estimate of drug-likeness (QED) is 0.198. The van der Waals surface area contributed by atoms with E-state index in [-0.39, 0.29) is 12.2 Å². The Bertz CT molecular complexity index is 2000. The lowest BCUT2D eigenvalue weighted by atomic mass is 9.96. The van der Waals surface area contributed by atoms with E-state index in [2.05, 4.69) is 42.2 Å². The smallest absolute Gasteiger partial charge is 0.338 e. The largest absolute Gasteiger partial charge is 0.463 e. The zero-order valence-corrected chi connectivity index (χ0v) is 24.9. The van der Waals surface area contributed by atoms with Gasteiger partial charge in [0.15, 0.2) is 4.80 Å². The lowest BCUT2D eigenvalue weighted by Crippen LogP contribution is -2.39. The number of aryl methyl sites for hydroxylation is 1. The van der Waals surface area contributed by atoms with Crippen LogP contribution in [0.25, 0.3) is 28.2 Å². The van der Waals surface area contributed by atoms with Crippen molar-refractivity contribution in [1.29, 1.82) is 0 Å². The van der Waals surface area contributed by atoms with Gasteiger partial charge in [-0.1, -0.05) is 65.4 Å². The van der Waals surface area contributed by atoms with E-state index in [9.17, 15) is 9.59 Å². The molecule has 3 aromatic carbocycles. The third-order valence-electron chi connectivity index (χ3n) is 7.28. The van der Waals surface area contributed by atoms with E-state index in [0.29, 0.717) is 20.6 Å². The molecule has 0 fully saturated rings. The van der Waals surface area contributed by atoms with Gasteiger partial charge in [0.05, 0.1) is 34.1 Å². The second kappa shape index (κ2) is 11.0. The third-order valence-corrected chi connectivity index (χ3v) is 9.01. The normalized spacial score (nSPS) is 15.2. The van der Waals surface area contributed by atoms with Gasteiger partial charge in [0.1, 0.15) is 0 Å². The number of aromatic nitrogens is 2. The van der Waals surface area contributed by atoms with E-state index >= 15 is 0 Å². The molecular weight excluding hydrogens is 551 g/mol. The highest BCUT2D eigenvalue weighted by molar-refractivity contribution is 7.98. The summed E-state index contributed by atoms with van der Waals surface area (Å²) in [7, 11) is 0. The molecule has 3 heterocycles. The summed E-state index contributed by atoms with van der Waals surface area (Å²) in [6.45, 7) is 5.88. The number of nitrogens with zero attached hydrogens (tertiary/aromatic N) is 2. The molecule has 206 valence electrons. The zero-order valence-electron chi connectivity index (χ0n) is 23.2. The van der Waals surface area contributed by atoms with Gasteiger partial charge in [0, 0.05) is 21.4 Å². The SMILES string of the molecule is CCOC(=O)C1=C(C)N=c2s/c(=C/c3c(-c4ccccc4)[nH]c4ccc(C)cc34)c(=O)n2[C@@H]1c1ccc(SC)cc1. The first-order valence-corrected chi connectivity index (χ1v) is 15.4. The van der Waals surface area contributed by atoms with Gasteiger partial charge in [-0.25, -0.2) is 9.79 Å². The highest BCUT2D eigenvalue weighted by atomic mass is 32.2. The van der Waals surface area contributed by atoms with E-state index < -0.39 is 12.0 Å². The molecule has 6 nitrogen and oxygen atoms in total. The minimum Gasteiger partial charge on any atom is -0.463 e. The van der Waals surface area contributed by atoms with Crippen molar-refractivity contribution >= 4 is 46.0 Å². The minimum absolute atomic E-state index is 0.192. The molecule has 2 aromatic heterocycles. The Morgan fingerprint density at radius 2 is 1.85 bits per heavy atom. The lowest BCUT2D eigenvalue weighted by Gasteiger charge is -2.24. The standard InChI is InChI=1S/C33H29N3O3S2/c1-5-39-32(38)28-20(3)34-33-36(30(28)22-12-14-23(40-4)15-13-22)31(37)27(41-33)18-25-24-17-19(2)11-16-26(24)35-29(25)21-9-7-6-8-10-21/h6-18,30,35H,5H2,1-4H3/b27-18+/t30-/m1/s1. The monoisotopic (exact) mass is 579 g/mol. The highest BCUT2D eigenvalue weighted by Gasteiger charge is 2.33. The van der Waals surface area contributed by atoms with Crippen molar-refractivity contribution in [3.63, 3.8) is 0 Å². The summed E-state index contributed by atoms with van der Waals surface area (Å²) < 4.78 is 7.63. The maximum atomic E-state index is 14.2. The molecule has 41 heavy (non-hydrogen) atoms. The number of thiazole rings is 1. The number of allylic oxidation sites excluding steroid dienone is 1. The Morgan fingerprint density at radius 1 is 1.10 bits per heavy atom. The molecule has 1 N–H and O–H groups in total. The summed E-state index contributed by atoms with van der Waals surface area (Å²) in [4.78, 5) is 37.4. The maximum Gasteiger partial charge on any atom is 0.338 e. The van der Waals surface area contributed by atoms with Gasteiger partial charge in [-0.3, -0.25) is 9.36 Å². The summed E-state index contributed by atoms with van der Waals surface area (Å²) in [6, 6.07) is 23.7. The van der Waals surface area contributed by atoms with Crippen LogP contribution in [0, 0.1) is 6.92 Å². The second-order valence-corrected chi connectivity index (χ2v) is 11.8. The van der Waals surface area contributed by atoms with Gasteiger partial charge in [-0.2, -0.15) is 0 Å². The number of H-pyrrole nitrogens is 1. The minimum atomic E-state index is -0.637. The van der Waals surface area contributed by atoms with E-state index in [0.717, 1.165) is 43.7 Å². The molecule has 0 spiro atoms. The number of nitrogens with one attached hydrogen (secondary N) is 1. The number of aromatic amines is 1. The Balaban J connectivity index is 1.61. The number of hydrogen-bond donors (Lipinski definition) is 1. The Labute approximate surface area is 245 Å². The second-order valence-electron chi connectivity index (χ2n) is 9.90. The zero-order chi connectivity index (χ0) is 28.7. The maximum absolute atomic E-state index is 14.2. The van der Waals surface area contributed by atoms with E-state index in [1.807, 2.05) is 61.7 Å². The average Bonchev–Trinajstić information content (AvgIpc) is 3.49. The molecular formula is C33H29N3O3S2. The van der Waals surface area contributed by atoms with Crippen LogP contribution in [-0.2, 0) is 9.53 Å². The predicted molar refractivity (Wildman–Crippen MR) is 167 cm³/mol. The first-order valence-electron chi connectivity index (χ1n) is 13.4. The summed E-state index contributed by atoms with van der Waals surface area (Å²) >= 11 is 2.98. The van der Waals surface area contributed by atoms with Gasteiger partial charge in [-0.15, -0.1) is 11.8 Å². The van der Waals surface area contributed by atoms with E-state index in [1.54, 1.807) is 23.3 Å². The van der Waals surface area contributed by atoms with Crippen molar-refractivity contribution < 1.29 is 9.53 Å². The van der Waals surface area contributed by atoms with Crippen molar-refractivity contribution in [3.8, 4) is 11.3 Å². The number of thioether (sulfide) groups is 1. The van der Waals surface area contributed by atoms with Gasteiger partial charge < -0.3 is 9.72 Å².